The molecule has 1 N–H and O–H groups in total. The SMILES string of the molecule is O=C(OCc1ccccc1)N1C[C@@H]2CCC(O)[C@@H]2C1. The molecule has 1 aromatic rings. The third-order valence-electron chi connectivity index (χ3n) is 4.28. The Labute approximate surface area is 113 Å². The molecule has 1 saturated carbocycles. The first kappa shape index (κ1) is 12.5. The molecule has 1 amide bonds. The molecule has 2 fully saturated rings. The van der Waals surface area contributed by atoms with Crippen molar-refractivity contribution in [3.63, 3.8) is 0 Å². The zero-order valence-electron chi connectivity index (χ0n) is 10.9. The Morgan fingerprint density at radius 2 is 2.05 bits per heavy atom. The highest BCUT2D eigenvalue weighted by atomic mass is 16.6. The fourth-order valence-electron chi connectivity index (χ4n) is 3.20. The van der Waals surface area contributed by atoms with Crippen LogP contribution in [-0.2, 0) is 11.3 Å². The minimum absolute atomic E-state index is 0.239. The number of ether oxygens (including phenoxy) is 1. The monoisotopic (exact) mass is 261 g/mol. The van der Waals surface area contributed by atoms with E-state index in [-0.39, 0.29) is 18.1 Å². The van der Waals surface area contributed by atoms with E-state index in [0.29, 0.717) is 19.1 Å². The lowest BCUT2D eigenvalue weighted by atomic mass is 10.00. The van der Waals surface area contributed by atoms with Crippen molar-refractivity contribution in [2.24, 2.45) is 11.8 Å². The number of carbonyl (C=O) groups is 1. The van der Waals surface area contributed by atoms with Crippen molar-refractivity contribution in [3.05, 3.63) is 35.9 Å². The summed E-state index contributed by atoms with van der Waals surface area (Å²) >= 11 is 0. The molecular weight excluding hydrogens is 242 g/mol. The van der Waals surface area contributed by atoms with Crippen LogP contribution in [0, 0.1) is 11.8 Å². The lowest BCUT2D eigenvalue weighted by molar-refractivity contribution is 0.0924. The summed E-state index contributed by atoms with van der Waals surface area (Å²) in [5.41, 5.74) is 0.996. The molecule has 1 saturated heterocycles. The third kappa shape index (κ3) is 2.59. The molecule has 4 nitrogen and oxygen atoms in total. The summed E-state index contributed by atoms with van der Waals surface area (Å²) in [7, 11) is 0. The van der Waals surface area contributed by atoms with Crippen LogP contribution in [-0.4, -0.2) is 35.3 Å². The smallest absolute Gasteiger partial charge is 0.410 e. The quantitative estimate of drug-likeness (QED) is 0.886. The molecular formula is C15H19NO3. The maximum Gasteiger partial charge on any atom is 0.410 e. The number of carbonyl (C=O) groups excluding carboxylic acids is 1. The second-order valence-electron chi connectivity index (χ2n) is 5.51. The van der Waals surface area contributed by atoms with E-state index in [2.05, 4.69) is 0 Å². The number of nitrogens with zero attached hydrogens (tertiary/aromatic N) is 1. The van der Waals surface area contributed by atoms with E-state index in [1.54, 1.807) is 4.90 Å². The second kappa shape index (κ2) is 5.21. The van der Waals surface area contributed by atoms with Gasteiger partial charge in [-0.25, -0.2) is 4.79 Å². The van der Waals surface area contributed by atoms with Crippen LogP contribution in [0.5, 0.6) is 0 Å². The van der Waals surface area contributed by atoms with E-state index in [4.69, 9.17) is 4.74 Å². The van der Waals surface area contributed by atoms with Crippen LogP contribution in [0.15, 0.2) is 30.3 Å². The molecule has 0 bridgehead atoms. The maximum atomic E-state index is 12.0. The maximum absolute atomic E-state index is 12.0. The van der Waals surface area contributed by atoms with Crippen LogP contribution in [0.1, 0.15) is 18.4 Å². The minimum Gasteiger partial charge on any atom is -0.445 e. The van der Waals surface area contributed by atoms with Gasteiger partial charge in [-0.3, -0.25) is 0 Å². The second-order valence-corrected chi connectivity index (χ2v) is 5.51. The molecule has 0 spiro atoms. The van der Waals surface area contributed by atoms with Crippen LogP contribution in [0.3, 0.4) is 0 Å². The van der Waals surface area contributed by atoms with Crippen LogP contribution in [0.2, 0.25) is 0 Å². The number of aliphatic hydroxyl groups excluding tert-OH is 1. The fourth-order valence-corrected chi connectivity index (χ4v) is 3.20. The van der Waals surface area contributed by atoms with Gasteiger partial charge in [-0.2, -0.15) is 0 Å². The van der Waals surface area contributed by atoms with Crippen LogP contribution in [0.25, 0.3) is 0 Å². The molecule has 1 aliphatic carbocycles. The molecule has 1 aliphatic heterocycles. The van der Waals surface area contributed by atoms with Gasteiger partial charge in [0, 0.05) is 19.0 Å². The molecule has 1 aromatic carbocycles. The minimum atomic E-state index is -0.259. The number of aliphatic hydroxyl groups is 1. The Bertz CT molecular complexity index is 448. The summed E-state index contributed by atoms with van der Waals surface area (Å²) in [5.74, 6) is 0.712. The number of rotatable bonds is 2. The largest absolute Gasteiger partial charge is 0.445 e. The van der Waals surface area contributed by atoms with Crippen molar-refractivity contribution >= 4 is 6.09 Å². The number of benzene rings is 1. The third-order valence-corrected chi connectivity index (χ3v) is 4.28. The van der Waals surface area contributed by atoms with E-state index in [9.17, 15) is 9.90 Å². The van der Waals surface area contributed by atoms with Gasteiger partial charge in [0.15, 0.2) is 0 Å². The number of hydrogen-bond acceptors (Lipinski definition) is 3. The summed E-state index contributed by atoms with van der Waals surface area (Å²) in [6.07, 6.45) is 1.40. The Balaban J connectivity index is 1.52. The van der Waals surface area contributed by atoms with Crippen molar-refractivity contribution in [1.82, 2.24) is 4.90 Å². The first-order valence-electron chi connectivity index (χ1n) is 6.88. The van der Waals surface area contributed by atoms with Crippen molar-refractivity contribution < 1.29 is 14.6 Å². The van der Waals surface area contributed by atoms with E-state index in [0.717, 1.165) is 24.9 Å². The van der Waals surface area contributed by atoms with Gasteiger partial charge in [-0.1, -0.05) is 30.3 Å². The fraction of sp³-hybridized carbons (Fsp3) is 0.533. The highest BCUT2D eigenvalue weighted by Crippen LogP contribution is 2.38. The lowest BCUT2D eigenvalue weighted by Crippen LogP contribution is -2.31. The Morgan fingerprint density at radius 3 is 2.79 bits per heavy atom. The normalized spacial score (nSPS) is 29.3. The highest BCUT2D eigenvalue weighted by molar-refractivity contribution is 5.68. The molecule has 0 aromatic heterocycles. The number of amides is 1. The molecule has 4 heteroatoms. The van der Waals surface area contributed by atoms with Gasteiger partial charge in [0.1, 0.15) is 6.61 Å². The molecule has 1 heterocycles. The number of hydrogen-bond donors (Lipinski definition) is 1. The van der Waals surface area contributed by atoms with Crippen molar-refractivity contribution in [1.29, 1.82) is 0 Å². The molecule has 2 aliphatic rings. The van der Waals surface area contributed by atoms with E-state index < -0.39 is 0 Å². The lowest BCUT2D eigenvalue weighted by Gasteiger charge is -2.18. The van der Waals surface area contributed by atoms with Crippen molar-refractivity contribution in [2.75, 3.05) is 13.1 Å². The van der Waals surface area contributed by atoms with Crippen molar-refractivity contribution in [2.45, 2.75) is 25.6 Å². The van der Waals surface area contributed by atoms with Gasteiger partial charge < -0.3 is 14.7 Å². The first-order valence-corrected chi connectivity index (χ1v) is 6.88. The first-order chi connectivity index (χ1) is 9.24. The summed E-state index contributed by atoms with van der Waals surface area (Å²) < 4.78 is 5.32. The van der Waals surface area contributed by atoms with Crippen LogP contribution in [0.4, 0.5) is 4.79 Å². The Hall–Kier alpha value is -1.55. The molecule has 19 heavy (non-hydrogen) atoms. The standard InChI is InChI=1S/C15H19NO3/c17-14-7-6-12-8-16(9-13(12)14)15(18)19-10-11-4-2-1-3-5-11/h1-5,12-14,17H,6-10H2/t12-,13+,14?/m0/s1. The van der Waals surface area contributed by atoms with E-state index >= 15 is 0 Å². The van der Waals surface area contributed by atoms with Gasteiger partial charge in [0.05, 0.1) is 6.10 Å². The van der Waals surface area contributed by atoms with Gasteiger partial charge in [0.25, 0.3) is 0 Å². The summed E-state index contributed by atoms with van der Waals surface area (Å²) in [6.45, 7) is 1.68. The van der Waals surface area contributed by atoms with Crippen molar-refractivity contribution in [3.8, 4) is 0 Å². The van der Waals surface area contributed by atoms with Gasteiger partial charge in [0.2, 0.25) is 0 Å². The topological polar surface area (TPSA) is 49.8 Å². The van der Waals surface area contributed by atoms with Gasteiger partial charge >= 0.3 is 6.09 Å². The zero-order valence-corrected chi connectivity index (χ0v) is 10.9. The average molecular weight is 261 g/mol. The molecule has 102 valence electrons. The summed E-state index contributed by atoms with van der Waals surface area (Å²) in [6, 6.07) is 9.68. The Morgan fingerprint density at radius 1 is 1.26 bits per heavy atom. The Kier molecular flexibility index (Phi) is 3.42. The summed E-state index contributed by atoms with van der Waals surface area (Å²) in [4.78, 5) is 13.7. The zero-order chi connectivity index (χ0) is 13.2. The predicted octanol–water partition coefficient (Wildman–Crippen LogP) is 2.03. The molecule has 0 radical (unpaired) electrons. The predicted molar refractivity (Wildman–Crippen MR) is 70.4 cm³/mol. The van der Waals surface area contributed by atoms with Gasteiger partial charge in [-0.05, 0) is 24.3 Å². The van der Waals surface area contributed by atoms with Gasteiger partial charge in [-0.15, -0.1) is 0 Å². The van der Waals surface area contributed by atoms with E-state index in [1.807, 2.05) is 30.3 Å². The van der Waals surface area contributed by atoms with Crippen LogP contribution < -0.4 is 0 Å². The number of fused-ring (bicyclic) bond motifs is 1. The summed E-state index contributed by atoms with van der Waals surface area (Å²) in [5, 5.41) is 9.83. The van der Waals surface area contributed by atoms with E-state index in [1.165, 1.54) is 0 Å². The highest BCUT2D eigenvalue weighted by Gasteiger charge is 2.43. The molecule has 3 atom stereocenters. The number of likely N-dealkylation sites (tertiary alicyclic amines) is 1. The molecule has 3 rings (SSSR count). The van der Waals surface area contributed by atoms with Crippen LogP contribution >= 0.6 is 0 Å². The molecule has 1 unspecified atom stereocenters. The average Bonchev–Trinajstić information content (AvgIpc) is 3.00.